The summed E-state index contributed by atoms with van der Waals surface area (Å²) in [5.41, 5.74) is 2.04. The Hall–Kier alpha value is -2.04. The molecule has 0 aliphatic carbocycles. The molecule has 0 spiro atoms. The summed E-state index contributed by atoms with van der Waals surface area (Å²) in [5.74, 6) is -0.426. The third-order valence-corrected chi connectivity index (χ3v) is 3.43. The van der Waals surface area contributed by atoms with Crippen molar-refractivity contribution in [2.24, 2.45) is 0 Å². The highest BCUT2D eigenvalue weighted by molar-refractivity contribution is 5.87. The van der Waals surface area contributed by atoms with Gasteiger partial charge in [-0.1, -0.05) is 19.1 Å². The topological polar surface area (TPSA) is 66.8 Å². The van der Waals surface area contributed by atoms with Crippen LogP contribution in [0, 0.1) is 0 Å². The third-order valence-electron chi connectivity index (χ3n) is 3.43. The van der Waals surface area contributed by atoms with Crippen LogP contribution in [-0.2, 0) is 16.0 Å². The van der Waals surface area contributed by atoms with Crippen LogP contribution in [0.15, 0.2) is 18.2 Å². The summed E-state index contributed by atoms with van der Waals surface area (Å²) in [6.45, 7) is 1.79. The van der Waals surface area contributed by atoms with Gasteiger partial charge in [-0.2, -0.15) is 0 Å². The van der Waals surface area contributed by atoms with Crippen molar-refractivity contribution in [1.82, 2.24) is 4.90 Å². The Bertz CT molecular complexity index is 512. The van der Waals surface area contributed by atoms with E-state index in [0.29, 0.717) is 12.2 Å². The van der Waals surface area contributed by atoms with Gasteiger partial charge in [0.25, 0.3) is 0 Å². The molecule has 1 heterocycles. The van der Waals surface area contributed by atoms with Crippen LogP contribution >= 0.6 is 0 Å². The van der Waals surface area contributed by atoms with Gasteiger partial charge in [-0.15, -0.1) is 0 Å². The van der Waals surface area contributed by atoms with Gasteiger partial charge in [0.1, 0.15) is 12.3 Å². The second-order valence-electron chi connectivity index (χ2n) is 4.57. The zero-order chi connectivity index (χ0) is 14.0. The number of hydrogen-bond acceptors (Lipinski definition) is 3. The molecular weight excluding hydrogens is 246 g/mol. The van der Waals surface area contributed by atoms with Crippen molar-refractivity contribution in [2.75, 3.05) is 13.7 Å². The molecule has 5 heteroatoms. The maximum atomic E-state index is 11.5. The van der Waals surface area contributed by atoms with Crippen LogP contribution in [-0.4, -0.2) is 35.5 Å². The molecule has 1 aliphatic rings. The van der Waals surface area contributed by atoms with Gasteiger partial charge in [-0.25, -0.2) is 0 Å². The van der Waals surface area contributed by atoms with Crippen molar-refractivity contribution in [2.45, 2.75) is 25.8 Å². The maximum Gasteiger partial charge on any atom is 0.323 e. The molecule has 102 valence electrons. The molecular formula is C14H17NO4. The number of hydrogen-bond donors (Lipinski definition) is 1. The summed E-state index contributed by atoms with van der Waals surface area (Å²) >= 11 is 0. The van der Waals surface area contributed by atoms with Crippen molar-refractivity contribution in [1.29, 1.82) is 0 Å². The molecule has 1 aliphatic heterocycles. The third kappa shape index (κ3) is 2.54. The quantitative estimate of drug-likeness (QED) is 0.820. The molecule has 1 N–H and O–H groups in total. The zero-order valence-corrected chi connectivity index (χ0v) is 11.0. The monoisotopic (exact) mass is 263 g/mol. The lowest BCUT2D eigenvalue weighted by atomic mass is 9.91. The van der Waals surface area contributed by atoms with Crippen molar-refractivity contribution in [3.63, 3.8) is 0 Å². The molecule has 2 rings (SSSR count). The molecule has 1 unspecified atom stereocenters. The van der Waals surface area contributed by atoms with Gasteiger partial charge in [-0.3, -0.25) is 9.59 Å². The van der Waals surface area contributed by atoms with Crippen LogP contribution in [0.1, 0.15) is 30.5 Å². The number of amides is 1. The number of rotatable bonds is 5. The summed E-state index contributed by atoms with van der Waals surface area (Å²) in [4.78, 5) is 23.7. The lowest BCUT2D eigenvalue weighted by Gasteiger charge is -2.40. The minimum absolute atomic E-state index is 0.128. The molecule has 1 aromatic rings. The number of nitrogens with zero attached hydrogens (tertiary/aromatic N) is 1. The zero-order valence-electron chi connectivity index (χ0n) is 11.0. The summed E-state index contributed by atoms with van der Waals surface area (Å²) in [6, 6.07) is 5.65. The van der Waals surface area contributed by atoms with Crippen LogP contribution in [0.5, 0.6) is 5.75 Å². The van der Waals surface area contributed by atoms with Gasteiger partial charge in [0.15, 0.2) is 0 Å². The number of benzene rings is 1. The lowest BCUT2D eigenvalue weighted by Crippen LogP contribution is -2.48. The summed E-state index contributed by atoms with van der Waals surface area (Å²) < 4.78 is 5.30. The number of methoxy groups -OCH3 is 1. The standard InChI is InChI=1S/C14H17NO4/c1-3-9-4-5-12(19-2)10(6-9)11-7-13(16)15(11)8-14(17)18/h4-6,11H,3,7-8H2,1-2H3,(H,17,18). The predicted octanol–water partition coefficient (Wildman–Crippen LogP) is 1.62. The molecule has 0 aromatic heterocycles. The first-order chi connectivity index (χ1) is 9.06. The second kappa shape index (κ2) is 5.30. The van der Waals surface area contributed by atoms with E-state index < -0.39 is 5.97 Å². The first-order valence-corrected chi connectivity index (χ1v) is 6.24. The van der Waals surface area contributed by atoms with Gasteiger partial charge in [0, 0.05) is 5.56 Å². The number of carbonyl (C=O) groups excluding carboxylic acids is 1. The van der Waals surface area contributed by atoms with Crippen LogP contribution in [0.25, 0.3) is 0 Å². The fourth-order valence-corrected chi connectivity index (χ4v) is 2.34. The van der Waals surface area contributed by atoms with Crippen LogP contribution in [0.4, 0.5) is 0 Å². The fourth-order valence-electron chi connectivity index (χ4n) is 2.34. The van der Waals surface area contributed by atoms with Crippen LogP contribution in [0.3, 0.4) is 0 Å². The smallest absolute Gasteiger partial charge is 0.323 e. The number of likely N-dealkylation sites (tertiary alicyclic amines) is 1. The van der Waals surface area contributed by atoms with E-state index in [1.165, 1.54) is 4.90 Å². The number of aliphatic carboxylic acids is 1. The first-order valence-electron chi connectivity index (χ1n) is 6.24. The van der Waals surface area contributed by atoms with E-state index in [-0.39, 0.29) is 18.5 Å². The Kier molecular flexibility index (Phi) is 3.74. The van der Waals surface area contributed by atoms with Crippen molar-refractivity contribution in [3.05, 3.63) is 29.3 Å². The molecule has 0 saturated carbocycles. The largest absolute Gasteiger partial charge is 0.496 e. The molecule has 1 amide bonds. The van der Waals surface area contributed by atoms with Crippen molar-refractivity contribution >= 4 is 11.9 Å². The Morgan fingerprint density at radius 3 is 2.79 bits per heavy atom. The van der Waals surface area contributed by atoms with E-state index in [2.05, 4.69) is 0 Å². The highest BCUT2D eigenvalue weighted by Gasteiger charge is 2.39. The summed E-state index contributed by atoms with van der Waals surface area (Å²) in [5, 5.41) is 8.83. The Labute approximate surface area is 111 Å². The summed E-state index contributed by atoms with van der Waals surface area (Å²) in [7, 11) is 1.58. The Balaban J connectivity index is 2.30. The van der Waals surface area contributed by atoms with Gasteiger partial charge in [0.2, 0.25) is 5.91 Å². The molecule has 5 nitrogen and oxygen atoms in total. The van der Waals surface area contributed by atoms with Gasteiger partial charge >= 0.3 is 5.97 Å². The number of β-lactam (4-membered cyclic amide) rings is 1. The molecule has 0 radical (unpaired) electrons. The number of carboxylic acids is 1. The van der Waals surface area contributed by atoms with Crippen molar-refractivity contribution in [3.8, 4) is 5.75 Å². The van der Waals surface area contributed by atoms with Gasteiger partial charge in [-0.05, 0) is 18.1 Å². The summed E-state index contributed by atoms with van der Waals surface area (Å²) in [6.07, 6.45) is 1.23. The predicted molar refractivity (Wildman–Crippen MR) is 69.1 cm³/mol. The van der Waals surface area contributed by atoms with E-state index in [1.807, 2.05) is 25.1 Å². The normalized spacial score (nSPS) is 18.1. The average molecular weight is 263 g/mol. The first kappa shape index (κ1) is 13.4. The molecule has 1 aromatic carbocycles. The minimum atomic E-state index is -0.997. The second-order valence-corrected chi connectivity index (χ2v) is 4.57. The van der Waals surface area contributed by atoms with Crippen LogP contribution in [0.2, 0.25) is 0 Å². The number of carbonyl (C=O) groups is 2. The minimum Gasteiger partial charge on any atom is -0.496 e. The molecule has 1 atom stereocenters. The van der Waals surface area contributed by atoms with E-state index >= 15 is 0 Å². The van der Waals surface area contributed by atoms with E-state index in [9.17, 15) is 9.59 Å². The maximum absolute atomic E-state index is 11.5. The average Bonchev–Trinajstić information content (AvgIpc) is 2.41. The van der Waals surface area contributed by atoms with E-state index in [4.69, 9.17) is 9.84 Å². The Morgan fingerprint density at radius 1 is 1.53 bits per heavy atom. The van der Waals surface area contributed by atoms with Gasteiger partial charge < -0.3 is 14.7 Å². The molecule has 0 bridgehead atoms. The SMILES string of the molecule is CCc1ccc(OC)c(C2CC(=O)N2CC(=O)O)c1. The molecule has 1 fully saturated rings. The van der Waals surface area contributed by atoms with Crippen molar-refractivity contribution < 1.29 is 19.4 Å². The number of ether oxygens (including phenoxy) is 1. The Morgan fingerprint density at radius 2 is 2.26 bits per heavy atom. The number of carboxylic acid groups (broad SMARTS) is 1. The lowest BCUT2D eigenvalue weighted by molar-refractivity contribution is -0.155. The van der Waals surface area contributed by atoms with E-state index in [0.717, 1.165) is 17.5 Å². The molecule has 1 saturated heterocycles. The van der Waals surface area contributed by atoms with Gasteiger partial charge in [0.05, 0.1) is 19.6 Å². The van der Waals surface area contributed by atoms with E-state index in [1.54, 1.807) is 7.11 Å². The van der Waals surface area contributed by atoms with Crippen LogP contribution < -0.4 is 4.74 Å². The molecule has 19 heavy (non-hydrogen) atoms. The fraction of sp³-hybridized carbons (Fsp3) is 0.429. The number of aryl methyl sites for hydroxylation is 1. The highest BCUT2D eigenvalue weighted by Crippen LogP contribution is 2.39. The highest BCUT2D eigenvalue weighted by atomic mass is 16.5.